The van der Waals surface area contributed by atoms with Crippen LogP contribution in [-0.2, 0) is 14.3 Å². The van der Waals surface area contributed by atoms with Crippen molar-refractivity contribution in [3.8, 4) is 0 Å². The van der Waals surface area contributed by atoms with Crippen molar-refractivity contribution in [3.63, 3.8) is 0 Å². The average molecular weight is 232 g/mol. The second-order valence-electron chi connectivity index (χ2n) is 4.19. The highest BCUT2D eigenvalue weighted by Gasteiger charge is 2.25. The van der Waals surface area contributed by atoms with E-state index in [0.29, 0.717) is 6.61 Å². The summed E-state index contributed by atoms with van der Waals surface area (Å²) < 4.78 is 9.82. The lowest BCUT2D eigenvalue weighted by molar-refractivity contribution is -0.145. The molecule has 0 bridgehead atoms. The van der Waals surface area contributed by atoms with Gasteiger partial charge in [0.15, 0.2) is 0 Å². The topological polar surface area (TPSA) is 50.8 Å². The second-order valence-corrected chi connectivity index (χ2v) is 4.19. The Morgan fingerprint density at radius 1 is 1.38 bits per heavy atom. The number of nitrogens with one attached hydrogen (secondary N) is 1. The first-order valence-corrected chi connectivity index (χ1v) is 5.47. The maximum Gasteiger partial charge on any atom is 0.323 e. The summed E-state index contributed by atoms with van der Waals surface area (Å²) in [6, 6.07) is -0.301. The number of nitrogens with zero attached hydrogens (tertiary/aromatic N) is 1. The lowest BCUT2D eigenvalue weighted by Gasteiger charge is -2.23. The van der Waals surface area contributed by atoms with E-state index in [1.165, 1.54) is 7.11 Å². The minimum absolute atomic E-state index is 0.0969. The molecule has 0 saturated carbocycles. The molecular formula is C11H24N2O3. The smallest absolute Gasteiger partial charge is 0.323 e. The van der Waals surface area contributed by atoms with Gasteiger partial charge in [-0.3, -0.25) is 4.79 Å². The third kappa shape index (κ3) is 6.05. The van der Waals surface area contributed by atoms with Gasteiger partial charge in [0, 0.05) is 26.1 Å². The van der Waals surface area contributed by atoms with E-state index in [0.717, 1.165) is 13.1 Å². The van der Waals surface area contributed by atoms with E-state index in [2.05, 4.69) is 10.2 Å². The minimum Gasteiger partial charge on any atom is -0.468 e. The van der Waals surface area contributed by atoms with Crippen molar-refractivity contribution in [2.75, 3.05) is 48.0 Å². The van der Waals surface area contributed by atoms with Crippen LogP contribution in [-0.4, -0.2) is 64.9 Å². The van der Waals surface area contributed by atoms with Gasteiger partial charge in [-0.05, 0) is 14.1 Å². The van der Waals surface area contributed by atoms with E-state index in [-0.39, 0.29) is 17.9 Å². The zero-order valence-electron chi connectivity index (χ0n) is 10.9. The predicted molar refractivity (Wildman–Crippen MR) is 63.4 cm³/mol. The van der Waals surface area contributed by atoms with Gasteiger partial charge in [-0.2, -0.15) is 0 Å². The SMILES string of the molecule is COCC(C)C(NCCN(C)C)C(=O)OC. The highest BCUT2D eigenvalue weighted by Crippen LogP contribution is 2.05. The summed E-state index contributed by atoms with van der Waals surface area (Å²) in [4.78, 5) is 13.6. The molecule has 0 aliphatic heterocycles. The largest absolute Gasteiger partial charge is 0.468 e. The highest BCUT2D eigenvalue weighted by molar-refractivity contribution is 5.76. The predicted octanol–water partition coefficient (Wildman–Crippen LogP) is -0.0383. The standard InChI is InChI=1S/C11H24N2O3/c1-9(8-15-4)10(11(14)16-5)12-6-7-13(2)3/h9-10,12H,6-8H2,1-5H3. The van der Waals surface area contributed by atoms with Crippen molar-refractivity contribution in [1.29, 1.82) is 0 Å². The van der Waals surface area contributed by atoms with Gasteiger partial charge >= 0.3 is 5.97 Å². The van der Waals surface area contributed by atoms with Crippen molar-refractivity contribution >= 4 is 5.97 Å². The Morgan fingerprint density at radius 2 is 2.00 bits per heavy atom. The van der Waals surface area contributed by atoms with Crippen molar-refractivity contribution in [2.45, 2.75) is 13.0 Å². The molecule has 0 aromatic rings. The Morgan fingerprint density at radius 3 is 2.44 bits per heavy atom. The van der Waals surface area contributed by atoms with Crippen molar-refractivity contribution in [2.24, 2.45) is 5.92 Å². The van der Waals surface area contributed by atoms with Gasteiger partial charge in [0.1, 0.15) is 6.04 Å². The molecule has 1 N–H and O–H groups in total. The normalized spacial score (nSPS) is 14.9. The van der Waals surface area contributed by atoms with E-state index < -0.39 is 0 Å². The maximum absolute atomic E-state index is 11.6. The fourth-order valence-corrected chi connectivity index (χ4v) is 1.45. The Kier molecular flexibility index (Phi) is 8.15. The average Bonchev–Trinajstić information content (AvgIpc) is 2.23. The third-order valence-corrected chi connectivity index (χ3v) is 2.38. The van der Waals surface area contributed by atoms with Gasteiger partial charge in [0.25, 0.3) is 0 Å². The van der Waals surface area contributed by atoms with Crippen LogP contribution in [0.25, 0.3) is 0 Å². The summed E-state index contributed by atoms with van der Waals surface area (Å²) in [7, 11) is 7.02. The molecule has 0 radical (unpaired) electrons. The number of hydrogen-bond acceptors (Lipinski definition) is 5. The molecule has 96 valence electrons. The number of hydrogen-bond donors (Lipinski definition) is 1. The molecule has 0 aliphatic rings. The van der Waals surface area contributed by atoms with E-state index >= 15 is 0 Å². The zero-order valence-corrected chi connectivity index (χ0v) is 10.9. The fourth-order valence-electron chi connectivity index (χ4n) is 1.45. The first kappa shape index (κ1) is 15.3. The Labute approximate surface area is 98.1 Å². The van der Waals surface area contributed by atoms with Crippen LogP contribution in [0.3, 0.4) is 0 Å². The van der Waals surface area contributed by atoms with Crippen molar-refractivity contribution in [1.82, 2.24) is 10.2 Å². The van der Waals surface area contributed by atoms with E-state index in [9.17, 15) is 4.79 Å². The first-order chi connectivity index (χ1) is 7.52. The van der Waals surface area contributed by atoms with Crippen LogP contribution in [0.4, 0.5) is 0 Å². The molecule has 0 rings (SSSR count). The molecule has 2 unspecified atom stereocenters. The number of methoxy groups -OCH3 is 2. The first-order valence-electron chi connectivity index (χ1n) is 5.47. The Balaban J connectivity index is 4.15. The van der Waals surface area contributed by atoms with Crippen LogP contribution in [0, 0.1) is 5.92 Å². The third-order valence-electron chi connectivity index (χ3n) is 2.38. The Bertz CT molecular complexity index is 198. The van der Waals surface area contributed by atoms with E-state index in [1.54, 1.807) is 7.11 Å². The molecule has 0 fully saturated rings. The van der Waals surface area contributed by atoms with E-state index in [1.807, 2.05) is 21.0 Å². The van der Waals surface area contributed by atoms with Gasteiger partial charge in [-0.15, -0.1) is 0 Å². The molecule has 0 heterocycles. The number of likely N-dealkylation sites (N-methyl/N-ethyl adjacent to an activating group) is 1. The number of carbonyl (C=O) groups is 1. The van der Waals surface area contributed by atoms with Gasteiger partial charge in [-0.25, -0.2) is 0 Å². The summed E-state index contributed by atoms with van der Waals surface area (Å²) >= 11 is 0. The van der Waals surface area contributed by atoms with Crippen molar-refractivity contribution in [3.05, 3.63) is 0 Å². The monoisotopic (exact) mass is 232 g/mol. The van der Waals surface area contributed by atoms with Crippen molar-refractivity contribution < 1.29 is 14.3 Å². The van der Waals surface area contributed by atoms with Gasteiger partial charge in [0.2, 0.25) is 0 Å². The molecule has 5 heteroatoms. The van der Waals surface area contributed by atoms with Crippen LogP contribution in [0.1, 0.15) is 6.92 Å². The molecule has 0 amide bonds. The van der Waals surface area contributed by atoms with Gasteiger partial charge < -0.3 is 19.7 Å². The minimum atomic E-state index is -0.301. The molecule has 0 spiro atoms. The summed E-state index contributed by atoms with van der Waals surface area (Å²) in [5.41, 5.74) is 0. The summed E-state index contributed by atoms with van der Waals surface area (Å²) in [6.45, 7) is 4.14. The van der Waals surface area contributed by atoms with Crippen LogP contribution in [0.15, 0.2) is 0 Å². The lowest BCUT2D eigenvalue weighted by Crippen LogP contribution is -2.46. The van der Waals surface area contributed by atoms with Gasteiger partial charge in [-0.1, -0.05) is 6.92 Å². The number of rotatable bonds is 8. The Hall–Kier alpha value is -0.650. The summed E-state index contributed by atoms with van der Waals surface area (Å²) in [5, 5.41) is 3.19. The summed E-state index contributed by atoms with van der Waals surface area (Å²) in [6.07, 6.45) is 0. The maximum atomic E-state index is 11.6. The van der Waals surface area contributed by atoms with Crippen LogP contribution >= 0.6 is 0 Å². The molecule has 2 atom stereocenters. The fraction of sp³-hybridized carbons (Fsp3) is 0.909. The molecule has 16 heavy (non-hydrogen) atoms. The molecule has 5 nitrogen and oxygen atoms in total. The van der Waals surface area contributed by atoms with Crippen LogP contribution in [0.5, 0.6) is 0 Å². The zero-order chi connectivity index (χ0) is 12.6. The molecule has 0 saturated heterocycles. The van der Waals surface area contributed by atoms with E-state index in [4.69, 9.17) is 9.47 Å². The quantitative estimate of drug-likeness (QED) is 0.595. The molecule has 0 aromatic heterocycles. The number of carbonyl (C=O) groups excluding carboxylic acids is 1. The molecule has 0 aliphatic carbocycles. The lowest BCUT2D eigenvalue weighted by atomic mass is 10.0. The summed E-state index contributed by atoms with van der Waals surface area (Å²) in [5.74, 6) is -0.136. The molecule has 0 aromatic carbocycles. The van der Waals surface area contributed by atoms with Crippen LogP contribution in [0.2, 0.25) is 0 Å². The number of ether oxygens (including phenoxy) is 2. The number of esters is 1. The second kappa shape index (κ2) is 8.50. The molecular weight excluding hydrogens is 208 g/mol. The highest BCUT2D eigenvalue weighted by atomic mass is 16.5. The van der Waals surface area contributed by atoms with Gasteiger partial charge in [0.05, 0.1) is 13.7 Å². The van der Waals surface area contributed by atoms with Crippen LogP contribution < -0.4 is 5.32 Å².